The highest BCUT2D eigenvalue weighted by Crippen LogP contribution is 2.46. The average Bonchev–Trinajstić information content (AvgIpc) is 3.08. The van der Waals surface area contributed by atoms with Crippen LogP contribution in [0.15, 0.2) is 36.4 Å². The molecule has 4 aliphatic rings. The van der Waals surface area contributed by atoms with Crippen LogP contribution in [-0.4, -0.2) is 64.8 Å². The lowest BCUT2D eigenvalue weighted by Gasteiger charge is -2.48. The molecule has 2 aromatic carbocycles. The molecule has 3 heterocycles. The minimum absolute atomic E-state index is 0.124. The van der Waals surface area contributed by atoms with Gasteiger partial charge in [0.05, 0.1) is 30.2 Å². The Morgan fingerprint density at radius 1 is 0.958 bits per heavy atom. The molecule has 264 valence electrons. The summed E-state index contributed by atoms with van der Waals surface area (Å²) in [6.07, 6.45) is 7.34. The Kier molecular flexibility index (Phi) is 11.6. The number of halogens is 1. The first-order chi connectivity index (χ1) is 23.1. The minimum Gasteiger partial charge on any atom is -0.487 e. The fourth-order valence-corrected chi connectivity index (χ4v) is 9.47. The summed E-state index contributed by atoms with van der Waals surface area (Å²) in [7, 11) is -3.90. The van der Waals surface area contributed by atoms with Crippen molar-refractivity contribution in [2.24, 2.45) is 23.7 Å². The number of fused-ring (bicyclic) bond motifs is 3. The van der Waals surface area contributed by atoms with Crippen molar-refractivity contribution in [1.29, 1.82) is 0 Å². The Labute approximate surface area is 291 Å². The predicted octanol–water partition coefficient (Wildman–Crippen LogP) is 6.32. The first-order valence-corrected chi connectivity index (χ1v) is 19.9. The van der Waals surface area contributed by atoms with Crippen molar-refractivity contribution < 1.29 is 27.4 Å². The predicted molar refractivity (Wildman–Crippen MR) is 189 cm³/mol. The number of carbonyl (C=O) groups is 1. The number of nitrogens with one attached hydrogen (secondary N) is 2. The SMILES string of the molecule is CCNC1COC([C@H]2CCC[C@H](C)[C@@H](C)S(=O)(=O)NC(=O)c3ccc4c(c3)N(CCCCc3cc(Cl)ccc3CO4)C[C@@H]3CC[C@H]32)OC1. The Balaban J connectivity index is 1.34. The van der Waals surface area contributed by atoms with Gasteiger partial charge in [0, 0.05) is 29.6 Å². The van der Waals surface area contributed by atoms with Gasteiger partial charge in [-0.15, -0.1) is 0 Å². The highest BCUT2D eigenvalue weighted by molar-refractivity contribution is 7.90. The van der Waals surface area contributed by atoms with E-state index in [-0.39, 0.29) is 24.2 Å². The molecule has 2 fully saturated rings. The maximum Gasteiger partial charge on any atom is 0.264 e. The van der Waals surface area contributed by atoms with Gasteiger partial charge in [0.1, 0.15) is 12.4 Å². The number of ether oxygens (including phenoxy) is 3. The van der Waals surface area contributed by atoms with Gasteiger partial charge in [-0.2, -0.15) is 0 Å². The van der Waals surface area contributed by atoms with Crippen molar-refractivity contribution in [3.8, 4) is 5.75 Å². The molecule has 11 heteroatoms. The van der Waals surface area contributed by atoms with Crippen LogP contribution in [0.1, 0.15) is 87.2 Å². The normalized spacial score (nSPS) is 31.5. The standard InChI is InChI=1S/C37H52ClN3O6S/c1-4-39-31-22-46-37(47-23-31)33-10-7-8-24(2)25(3)48(43,44)40-36(42)27-13-16-35-34(19-27)41(20-28-12-15-32(28)33)17-6-5-9-26-18-30(38)14-11-29(26)21-45-35/h11,13-14,16,18-19,24-25,28,31-33,37,39H,4-10,12,15,17,20-23H2,1-3H3,(H,40,42)/t24-,25+,28-,31?,32+,33-,37?/m0/s1. The zero-order valence-corrected chi connectivity index (χ0v) is 30.2. The molecule has 2 N–H and O–H groups in total. The van der Waals surface area contributed by atoms with E-state index in [9.17, 15) is 13.2 Å². The Morgan fingerprint density at radius 2 is 1.77 bits per heavy atom. The van der Waals surface area contributed by atoms with E-state index in [1.54, 1.807) is 13.0 Å². The number of hydrogen-bond acceptors (Lipinski definition) is 8. The molecule has 0 radical (unpaired) electrons. The summed E-state index contributed by atoms with van der Waals surface area (Å²) >= 11 is 6.37. The lowest BCUT2D eigenvalue weighted by Crippen LogP contribution is -2.51. The van der Waals surface area contributed by atoms with Gasteiger partial charge >= 0.3 is 0 Å². The first-order valence-electron chi connectivity index (χ1n) is 17.9. The molecule has 2 bridgehead atoms. The van der Waals surface area contributed by atoms with E-state index in [4.69, 9.17) is 25.8 Å². The molecule has 5 atom stereocenters. The molecule has 2 aromatic rings. The summed E-state index contributed by atoms with van der Waals surface area (Å²) in [4.78, 5) is 15.9. The molecule has 0 unspecified atom stereocenters. The largest absolute Gasteiger partial charge is 0.487 e. The van der Waals surface area contributed by atoms with Gasteiger partial charge < -0.3 is 24.4 Å². The van der Waals surface area contributed by atoms with Gasteiger partial charge in [-0.1, -0.05) is 37.9 Å². The lowest BCUT2D eigenvalue weighted by atomic mass is 9.65. The number of amides is 1. The Morgan fingerprint density at radius 3 is 2.52 bits per heavy atom. The van der Waals surface area contributed by atoms with Crippen molar-refractivity contribution in [3.63, 3.8) is 0 Å². The number of sulfonamides is 1. The smallest absolute Gasteiger partial charge is 0.264 e. The van der Waals surface area contributed by atoms with Crippen LogP contribution in [0.5, 0.6) is 5.75 Å². The minimum atomic E-state index is -3.90. The van der Waals surface area contributed by atoms with E-state index in [1.807, 2.05) is 37.3 Å². The molecule has 1 amide bonds. The molecule has 48 heavy (non-hydrogen) atoms. The van der Waals surface area contributed by atoms with Crippen LogP contribution >= 0.6 is 11.6 Å². The summed E-state index contributed by atoms with van der Waals surface area (Å²) in [6.45, 7) is 9.88. The molecular weight excluding hydrogens is 650 g/mol. The molecule has 1 saturated heterocycles. The summed E-state index contributed by atoms with van der Waals surface area (Å²) in [5.74, 6) is 1.04. The van der Waals surface area contributed by atoms with E-state index >= 15 is 0 Å². The second-order valence-electron chi connectivity index (χ2n) is 14.3. The molecule has 0 spiro atoms. The first kappa shape index (κ1) is 35.5. The van der Waals surface area contributed by atoms with Gasteiger partial charge in [0.15, 0.2) is 6.29 Å². The van der Waals surface area contributed by atoms with Crippen LogP contribution in [0.3, 0.4) is 0 Å². The zero-order valence-electron chi connectivity index (χ0n) is 28.6. The van der Waals surface area contributed by atoms with Crippen molar-refractivity contribution in [2.45, 2.75) is 96.3 Å². The summed E-state index contributed by atoms with van der Waals surface area (Å²) < 4.78 is 48.6. The van der Waals surface area contributed by atoms with Crippen LogP contribution in [-0.2, 0) is 32.5 Å². The zero-order chi connectivity index (χ0) is 33.8. The van der Waals surface area contributed by atoms with Gasteiger partial charge in [-0.05, 0) is 118 Å². The van der Waals surface area contributed by atoms with Crippen LogP contribution in [0.25, 0.3) is 0 Å². The third-order valence-corrected chi connectivity index (χ3v) is 13.4. The Hall–Kier alpha value is -2.37. The van der Waals surface area contributed by atoms with Crippen molar-refractivity contribution in [2.75, 3.05) is 37.7 Å². The van der Waals surface area contributed by atoms with Crippen molar-refractivity contribution in [3.05, 3.63) is 58.1 Å². The number of anilines is 1. The molecule has 6 rings (SSSR count). The number of likely N-dealkylation sites (N-methyl/N-ethyl adjacent to an activating group) is 1. The maximum absolute atomic E-state index is 13.5. The van der Waals surface area contributed by atoms with Crippen LogP contribution in [0, 0.1) is 23.7 Å². The number of carbonyl (C=O) groups excluding carboxylic acids is 1. The fourth-order valence-electron chi connectivity index (χ4n) is 7.97. The highest BCUT2D eigenvalue weighted by atomic mass is 35.5. The molecule has 9 nitrogen and oxygen atoms in total. The monoisotopic (exact) mass is 701 g/mol. The second-order valence-corrected chi connectivity index (χ2v) is 16.8. The topological polar surface area (TPSA) is 106 Å². The third kappa shape index (κ3) is 8.15. The molecule has 1 saturated carbocycles. The van der Waals surface area contributed by atoms with Crippen LogP contribution in [0.2, 0.25) is 5.02 Å². The summed E-state index contributed by atoms with van der Waals surface area (Å²) in [5, 5.41) is 3.44. The van der Waals surface area contributed by atoms with Gasteiger partial charge in [-0.3, -0.25) is 4.79 Å². The van der Waals surface area contributed by atoms with Crippen molar-refractivity contribution >= 4 is 33.2 Å². The fraction of sp³-hybridized carbons (Fsp3) is 0.649. The number of rotatable bonds is 3. The van der Waals surface area contributed by atoms with E-state index in [1.165, 1.54) is 5.56 Å². The van der Waals surface area contributed by atoms with E-state index in [2.05, 4.69) is 21.9 Å². The molecule has 0 aromatic heterocycles. The average molecular weight is 702 g/mol. The van der Waals surface area contributed by atoms with E-state index < -0.39 is 21.2 Å². The molecular formula is C37H52ClN3O6S. The van der Waals surface area contributed by atoms with Crippen LogP contribution < -0.4 is 19.7 Å². The van der Waals surface area contributed by atoms with Gasteiger partial charge in [0.2, 0.25) is 10.0 Å². The Bertz CT molecular complexity index is 1530. The van der Waals surface area contributed by atoms with Gasteiger partial charge in [0.25, 0.3) is 5.91 Å². The number of hydrogen-bond donors (Lipinski definition) is 2. The third-order valence-electron chi connectivity index (χ3n) is 11.2. The number of nitrogens with zero attached hydrogens (tertiary/aromatic N) is 1. The summed E-state index contributed by atoms with van der Waals surface area (Å²) in [5.41, 5.74) is 3.42. The van der Waals surface area contributed by atoms with Gasteiger partial charge in [-0.25, -0.2) is 13.1 Å². The lowest BCUT2D eigenvalue weighted by molar-refractivity contribution is -0.232. The molecule has 1 aliphatic carbocycles. The number of benzene rings is 2. The van der Waals surface area contributed by atoms with Crippen molar-refractivity contribution in [1.82, 2.24) is 10.0 Å². The highest BCUT2D eigenvalue weighted by Gasteiger charge is 2.43. The van der Waals surface area contributed by atoms with E-state index in [0.717, 1.165) is 87.3 Å². The number of aryl methyl sites for hydroxylation is 1. The quantitative estimate of drug-likeness (QED) is 0.383. The summed E-state index contributed by atoms with van der Waals surface area (Å²) in [6, 6.07) is 11.5. The second kappa shape index (κ2) is 15.7. The van der Waals surface area contributed by atoms with E-state index in [0.29, 0.717) is 43.0 Å². The molecule has 3 aliphatic heterocycles. The van der Waals surface area contributed by atoms with Crippen LogP contribution in [0.4, 0.5) is 5.69 Å². The maximum atomic E-state index is 13.5.